The molecule has 1 aromatic rings. The highest BCUT2D eigenvalue weighted by atomic mass is 16.5. The van der Waals surface area contributed by atoms with Gasteiger partial charge in [-0.05, 0) is 18.9 Å². The molecule has 1 atom stereocenters. The molecule has 0 saturated carbocycles. The lowest BCUT2D eigenvalue weighted by atomic mass is 10.1. The van der Waals surface area contributed by atoms with Crippen molar-refractivity contribution in [1.29, 1.82) is 0 Å². The summed E-state index contributed by atoms with van der Waals surface area (Å²) in [6.45, 7) is 2.87. The average Bonchev–Trinajstić information content (AvgIpc) is 2.39. The molecule has 0 radical (unpaired) electrons. The number of benzene rings is 1. The van der Waals surface area contributed by atoms with Crippen LogP contribution in [0.1, 0.15) is 18.9 Å². The molecule has 96 valence electrons. The molecule has 3 heteroatoms. The second-order valence-corrected chi connectivity index (χ2v) is 3.90. The fourth-order valence-corrected chi connectivity index (χ4v) is 1.63. The molecule has 1 rings (SSSR count). The van der Waals surface area contributed by atoms with E-state index in [0.717, 1.165) is 6.42 Å². The molecule has 0 spiro atoms. The second-order valence-electron chi connectivity index (χ2n) is 3.90. The van der Waals surface area contributed by atoms with Gasteiger partial charge in [-0.25, -0.2) is 0 Å². The van der Waals surface area contributed by atoms with Gasteiger partial charge in [-0.3, -0.25) is 4.79 Å². The largest absolute Gasteiger partial charge is 0.465 e. The van der Waals surface area contributed by atoms with Gasteiger partial charge in [0.2, 0.25) is 0 Å². The van der Waals surface area contributed by atoms with Crippen molar-refractivity contribution in [3.8, 4) is 12.3 Å². The zero-order chi connectivity index (χ0) is 13.2. The van der Waals surface area contributed by atoms with Crippen molar-refractivity contribution in [1.82, 2.24) is 5.32 Å². The van der Waals surface area contributed by atoms with Gasteiger partial charge >= 0.3 is 5.97 Å². The van der Waals surface area contributed by atoms with Crippen LogP contribution in [-0.2, 0) is 16.0 Å². The summed E-state index contributed by atoms with van der Waals surface area (Å²) in [5.41, 5.74) is 1.23. The van der Waals surface area contributed by atoms with Crippen LogP contribution in [0, 0.1) is 12.3 Å². The van der Waals surface area contributed by atoms with Gasteiger partial charge in [-0.2, -0.15) is 0 Å². The Kier molecular flexibility index (Phi) is 6.60. The van der Waals surface area contributed by atoms with Crippen LogP contribution in [0.4, 0.5) is 0 Å². The molecule has 18 heavy (non-hydrogen) atoms. The molecule has 0 bridgehead atoms. The van der Waals surface area contributed by atoms with Crippen LogP contribution in [0.15, 0.2) is 30.3 Å². The van der Waals surface area contributed by atoms with E-state index in [1.54, 1.807) is 6.92 Å². The predicted molar refractivity (Wildman–Crippen MR) is 72.0 cm³/mol. The van der Waals surface area contributed by atoms with Crippen molar-refractivity contribution in [2.45, 2.75) is 25.8 Å². The van der Waals surface area contributed by atoms with Crippen molar-refractivity contribution in [2.75, 3.05) is 13.2 Å². The van der Waals surface area contributed by atoms with Gasteiger partial charge in [-0.15, -0.1) is 12.3 Å². The number of nitrogens with one attached hydrogen (secondary N) is 1. The maximum Gasteiger partial charge on any atom is 0.324 e. The van der Waals surface area contributed by atoms with Gasteiger partial charge in [0.25, 0.3) is 0 Å². The van der Waals surface area contributed by atoms with E-state index >= 15 is 0 Å². The highest BCUT2D eigenvalue weighted by Crippen LogP contribution is 2.00. The van der Waals surface area contributed by atoms with Crippen LogP contribution in [0.2, 0.25) is 0 Å². The summed E-state index contributed by atoms with van der Waals surface area (Å²) in [5, 5.41) is 3.14. The number of ether oxygens (including phenoxy) is 1. The van der Waals surface area contributed by atoms with E-state index in [1.165, 1.54) is 5.56 Å². The Morgan fingerprint density at radius 1 is 1.44 bits per heavy atom. The molecular formula is C15H19NO2. The summed E-state index contributed by atoms with van der Waals surface area (Å²) in [6, 6.07) is 9.69. The lowest BCUT2D eigenvalue weighted by Crippen LogP contribution is -2.38. The minimum Gasteiger partial charge on any atom is -0.465 e. The Labute approximate surface area is 109 Å². The molecule has 0 fully saturated rings. The van der Waals surface area contributed by atoms with Crippen molar-refractivity contribution < 1.29 is 9.53 Å². The van der Waals surface area contributed by atoms with Crippen LogP contribution in [-0.4, -0.2) is 25.2 Å². The van der Waals surface area contributed by atoms with Crippen LogP contribution < -0.4 is 5.32 Å². The van der Waals surface area contributed by atoms with Crippen LogP contribution in [0.5, 0.6) is 0 Å². The monoisotopic (exact) mass is 245 g/mol. The molecule has 0 heterocycles. The number of carbonyl (C=O) groups is 1. The van der Waals surface area contributed by atoms with Gasteiger partial charge in [0.1, 0.15) is 6.04 Å². The van der Waals surface area contributed by atoms with Crippen LogP contribution in [0.3, 0.4) is 0 Å². The lowest BCUT2D eigenvalue weighted by Gasteiger charge is -2.14. The van der Waals surface area contributed by atoms with Gasteiger partial charge < -0.3 is 10.1 Å². The van der Waals surface area contributed by atoms with E-state index in [-0.39, 0.29) is 5.97 Å². The third kappa shape index (κ3) is 5.03. The first-order valence-electron chi connectivity index (χ1n) is 6.15. The fraction of sp³-hybridized carbons (Fsp3) is 0.400. The van der Waals surface area contributed by atoms with E-state index in [1.807, 2.05) is 18.2 Å². The molecule has 1 aromatic carbocycles. The topological polar surface area (TPSA) is 38.3 Å². The fourth-order valence-electron chi connectivity index (χ4n) is 1.63. The Hall–Kier alpha value is -1.79. The van der Waals surface area contributed by atoms with Gasteiger partial charge in [-0.1, -0.05) is 30.3 Å². The second kappa shape index (κ2) is 8.32. The third-order valence-corrected chi connectivity index (χ3v) is 2.54. The quantitative estimate of drug-likeness (QED) is 0.588. The lowest BCUT2D eigenvalue weighted by molar-refractivity contribution is -0.145. The maximum atomic E-state index is 11.6. The Balaban J connectivity index is 2.38. The zero-order valence-corrected chi connectivity index (χ0v) is 10.7. The number of carbonyl (C=O) groups excluding carboxylic acids is 1. The van der Waals surface area contributed by atoms with E-state index in [4.69, 9.17) is 11.2 Å². The summed E-state index contributed by atoms with van der Waals surface area (Å²) < 4.78 is 4.96. The van der Waals surface area contributed by atoms with E-state index < -0.39 is 6.04 Å². The van der Waals surface area contributed by atoms with Crippen molar-refractivity contribution in [2.24, 2.45) is 0 Å². The van der Waals surface area contributed by atoms with Gasteiger partial charge in [0.15, 0.2) is 0 Å². The molecule has 0 aliphatic heterocycles. The molecule has 0 amide bonds. The summed E-state index contributed by atoms with van der Waals surface area (Å²) in [4.78, 5) is 11.6. The van der Waals surface area contributed by atoms with Gasteiger partial charge in [0.05, 0.1) is 6.61 Å². The molecule has 0 aliphatic carbocycles. The van der Waals surface area contributed by atoms with Crippen LogP contribution >= 0.6 is 0 Å². The molecule has 0 aromatic heterocycles. The Morgan fingerprint density at radius 2 is 2.17 bits per heavy atom. The molecule has 0 saturated heterocycles. The van der Waals surface area contributed by atoms with E-state index in [0.29, 0.717) is 19.6 Å². The number of hydrogen-bond acceptors (Lipinski definition) is 3. The highest BCUT2D eigenvalue weighted by Gasteiger charge is 2.17. The number of rotatable bonds is 7. The third-order valence-electron chi connectivity index (χ3n) is 2.54. The SMILES string of the molecule is C#CC[C@H](NCCc1ccccc1)C(=O)OCC. The molecule has 0 unspecified atom stereocenters. The van der Waals surface area contributed by atoms with E-state index in [9.17, 15) is 4.79 Å². The number of esters is 1. The van der Waals surface area contributed by atoms with Crippen molar-refractivity contribution >= 4 is 5.97 Å². The minimum absolute atomic E-state index is 0.275. The standard InChI is InChI=1S/C15H19NO2/c1-3-8-14(15(17)18-4-2)16-12-11-13-9-6-5-7-10-13/h1,5-7,9-10,14,16H,4,8,11-12H2,2H3/t14-/m0/s1. The summed E-state index contributed by atoms with van der Waals surface area (Å²) >= 11 is 0. The van der Waals surface area contributed by atoms with Crippen molar-refractivity contribution in [3.05, 3.63) is 35.9 Å². The van der Waals surface area contributed by atoms with Crippen molar-refractivity contribution in [3.63, 3.8) is 0 Å². The highest BCUT2D eigenvalue weighted by molar-refractivity contribution is 5.76. The molecular weight excluding hydrogens is 226 g/mol. The summed E-state index contributed by atoms with van der Waals surface area (Å²) in [7, 11) is 0. The molecule has 1 N–H and O–H groups in total. The summed E-state index contributed by atoms with van der Waals surface area (Å²) in [6.07, 6.45) is 6.47. The molecule has 3 nitrogen and oxygen atoms in total. The van der Waals surface area contributed by atoms with E-state index in [2.05, 4.69) is 23.4 Å². The Morgan fingerprint density at radius 3 is 2.78 bits per heavy atom. The first kappa shape index (κ1) is 14.3. The maximum absolute atomic E-state index is 11.6. The molecule has 0 aliphatic rings. The number of terminal acetylenes is 1. The first-order chi connectivity index (χ1) is 8.77. The number of hydrogen-bond donors (Lipinski definition) is 1. The Bertz CT molecular complexity index is 395. The summed E-state index contributed by atoms with van der Waals surface area (Å²) in [5.74, 6) is 2.22. The average molecular weight is 245 g/mol. The first-order valence-corrected chi connectivity index (χ1v) is 6.15. The minimum atomic E-state index is -0.404. The smallest absolute Gasteiger partial charge is 0.324 e. The predicted octanol–water partition coefficient (Wildman–Crippen LogP) is 1.77. The zero-order valence-electron chi connectivity index (χ0n) is 10.7. The van der Waals surface area contributed by atoms with Crippen LogP contribution in [0.25, 0.3) is 0 Å². The van der Waals surface area contributed by atoms with Gasteiger partial charge in [0, 0.05) is 13.0 Å². The normalized spacial score (nSPS) is 11.6.